The number of rotatable bonds is 6. The van der Waals surface area contributed by atoms with Crippen molar-refractivity contribution < 1.29 is 23.5 Å². The van der Waals surface area contributed by atoms with Crippen molar-refractivity contribution in [2.24, 2.45) is 0 Å². The number of ether oxygens (including phenoxy) is 1. The predicted octanol–water partition coefficient (Wildman–Crippen LogP) is 0.228. The monoisotopic (exact) mass is 393 g/mol. The van der Waals surface area contributed by atoms with E-state index >= 15 is 0 Å². The van der Waals surface area contributed by atoms with Gasteiger partial charge >= 0.3 is 0 Å². The predicted molar refractivity (Wildman–Crippen MR) is 97.8 cm³/mol. The largest absolute Gasteiger partial charge is 0.468 e. The summed E-state index contributed by atoms with van der Waals surface area (Å²) in [6.45, 7) is 1.02. The fourth-order valence-electron chi connectivity index (χ4n) is 4.28. The van der Waals surface area contributed by atoms with Gasteiger partial charge in [-0.25, -0.2) is 0 Å². The Hall–Kier alpha value is -2.00. The molecule has 1 aromatic rings. The van der Waals surface area contributed by atoms with Crippen LogP contribution in [0.2, 0.25) is 0 Å². The molecule has 3 fully saturated rings. The van der Waals surface area contributed by atoms with Gasteiger partial charge in [0.2, 0.25) is 17.7 Å². The Labute approximate surface area is 161 Å². The van der Waals surface area contributed by atoms with Crippen LogP contribution in [0.5, 0.6) is 0 Å². The fourth-order valence-corrected chi connectivity index (χ4v) is 5.54. The van der Waals surface area contributed by atoms with Crippen LogP contribution in [0.15, 0.2) is 22.8 Å². The molecule has 3 saturated heterocycles. The van der Waals surface area contributed by atoms with Crippen LogP contribution >= 0.6 is 11.8 Å². The second-order valence-electron chi connectivity index (χ2n) is 7.07. The highest BCUT2D eigenvalue weighted by Crippen LogP contribution is 2.38. The maximum absolute atomic E-state index is 13.1. The number of hydrogen-bond acceptors (Lipinski definition) is 6. The average Bonchev–Trinajstić information content (AvgIpc) is 3.37. The molecule has 3 amide bonds. The Balaban J connectivity index is 1.45. The van der Waals surface area contributed by atoms with E-state index in [0.717, 1.165) is 12.2 Å². The molecule has 3 aliphatic rings. The minimum absolute atomic E-state index is 0.00228. The van der Waals surface area contributed by atoms with Crippen LogP contribution in [0.25, 0.3) is 0 Å². The summed E-state index contributed by atoms with van der Waals surface area (Å²) in [5.74, 6) is 1.23. The molecule has 27 heavy (non-hydrogen) atoms. The normalized spacial score (nSPS) is 29.8. The second-order valence-corrected chi connectivity index (χ2v) is 8.29. The van der Waals surface area contributed by atoms with Crippen molar-refractivity contribution in [3.63, 3.8) is 0 Å². The summed E-state index contributed by atoms with van der Waals surface area (Å²) in [6.07, 6.45) is 3.01. The first-order valence-corrected chi connectivity index (χ1v) is 10.2. The zero-order valence-corrected chi connectivity index (χ0v) is 15.9. The SMILES string of the molecule is COCC(=O)NC1CCN2C(=O)C3C(SCc4ccco4)CCN3C(=O)C12. The molecule has 0 aromatic carbocycles. The lowest BCUT2D eigenvalue weighted by Crippen LogP contribution is -2.66. The number of nitrogens with zero attached hydrogens (tertiary/aromatic N) is 2. The Morgan fingerprint density at radius 3 is 2.74 bits per heavy atom. The van der Waals surface area contributed by atoms with Gasteiger partial charge in [-0.3, -0.25) is 14.4 Å². The standard InChI is InChI=1S/C18H23N3O5S/c1-25-9-14(22)19-12-4-6-20-15(12)17(23)21-7-5-13(16(21)18(20)24)27-10-11-3-2-8-26-11/h2-3,8,12-13,15-16H,4-7,9-10H2,1H3,(H,19,22). The smallest absolute Gasteiger partial charge is 0.248 e. The van der Waals surface area contributed by atoms with E-state index in [1.54, 1.807) is 27.8 Å². The number of furan rings is 1. The third-order valence-corrected chi connectivity index (χ3v) is 6.83. The Morgan fingerprint density at radius 1 is 1.26 bits per heavy atom. The third kappa shape index (κ3) is 3.34. The molecule has 3 aliphatic heterocycles. The number of methoxy groups -OCH3 is 1. The lowest BCUT2D eigenvalue weighted by molar-refractivity contribution is -0.157. The van der Waals surface area contributed by atoms with Crippen molar-refractivity contribution in [2.45, 2.75) is 42.0 Å². The average molecular weight is 393 g/mol. The zero-order chi connectivity index (χ0) is 19.0. The van der Waals surface area contributed by atoms with Crippen LogP contribution in [0.1, 0.15) is 18.6 Å². The second kappa shape index (κ2) is 7.55. The number of amides is 3. The molecule has 9 heteroatoms. The molecule has 1 aromatic heterocycles. The zero-order valence-electron chi connectivity index (χ0n) is 15.1. The molecular weight excluding hydrogens is 370 g/mol. The van der Waals surface area contributed by atoms with Crippen molar-refractivity contribution >= 4 is 29.5 Å². The topological polar surface area (TPSA) is 92.1 Å². The Bertz CT molecular complexity index is 725. The number of nitrogens with one attached hydrogen (secondary N) is 1. The highest BCUT2D eigenvalue weighted by Gasteiger charge is 2.56. The van der Waals surface area contributed by atoms with Gasteiger partial charge < -0.3 is 24.3 Å². The molecule has 1 N–H and O–H groups in total. The number of thioether (sulfide) groups is 1. The van der Waals surface area contributed by atoms with Crippen LogP contribution in [0, 0.1) is 0 Å². The summed E-state index contributed by atoms with van der Waals surface area (Å²) >= 11 is 1.66. The summed E-state index contributed by atoms with van der Waals surface area (Å²) < 4.78 is 10.2. The highest BCUT2D eigenvalue weighted by molar-refractivity contribution is 7.99. The Kier molecular flexibility index (Phi) is 5.14. The molecule has 0 aliphatic carbocycles. The molecule has 146 valence electrons. The van der Waals surface area contributed by atoms with E-state index in [1.807, 2.05) is 12.1 Å². The quantitative estimate of drug-likeness (QED) is 0.744. The van der Waals surface area contributed by atoms with Crippen LogP contribution in [-0.4, -0.2) is 77.7 Å². The van der Waals surface area contributed by atoms with Crippen molar-refractivity contribution in [1.82, 2.24) is 15.1 Å². The first-order valence-electron chi connectivity index (χ1n) is 9.13. The van der Waals surface area contributed by atoms with Crippen molar-refractivity contribution in [2.75, 3.05) is 26.8 Å². The maximum Gasteiger partial charge on any atom is 0.248 e. The van der Waals surface area contributed by atoms with Gasteiger partial charge in [0, 0.05) is 25.4 Å². The van der Waals surface area contributed by atoms with E-state index in [4.69, 9.17) is 9.15 Å². The molecule has 4 rings (SSSR count). The number of piperazine rings is 1. The van der Waals surface area contributed by atoms with E-state index in [9.17, 15) is 14.4 Å². The lowest BCUT2D eigenvalue weighted by atomic mass is 10.0. The van der Waals surface area contributed by atoms with E-state index in [-0.39, 0.29) is 35.6 Å². The van der Waals surface area contributed by atoms with Crippen LogP contribution in [0.4, 0.5) is 0 Å². The minimum atomic E-state index is -0.594. The summed E-state index contributed by atoms with van der Waals surface area (Å²) in [7, 11) is 1.45. The number of carbonyl (C=O) groups excluding carboxylic acids is 3. The molecule has 0 spiro atoms. The van der Waals surface area contributed by atoms with Gasteiger partial charge in [-0.15, -0.1) is 11.8 Å². The molecule has 4 unspecified atom stereocenters. The first-order chi connectivity index (χ1) is 13.1. The number of carbonyl (C=O) groups is 3. The van der Waals surface area contributed by atoms with Gasteiger partial charge in [0.25, 0.3) is 0 Å². The third-order valence-electron chi connectivity index (χ3n) is 5.45. The van der Waals surface area contributed by atoms with Gasteiger partial charge in [-0.2, -0.15) is 0 Å². The summed E-state index contributed by atoms with van der Waals surface area (Å²) in [4.78, 5) is 41.4. The molecular formula is C18H23N3O5S. The molecule has 4 atom stereocenters. The summed E-state index contributed by atoms with van der Waals surface area (Å²) in [6, 6.07) is 2.40. The minimum Gasteiger partial charge on any atom is -0.468 e. The van der Waals surface area contributed by atoms with E-state index in [2.05, 4.69) is 5.32 Å². The summed E-state index contributed by atoms with van der Waals surface area (Å²) in [5.41, 5.74) is 0. The Morgan fingerprint density at radius 2 is 2.00 bits per heavy atom. The van der Waals surface area contributed by atoms with Gasteiger partial charge in [0.05, 0.1) is 18.1 Å². The van der Waals surface area contributed by atoms with E-state index < -0.39 is 12.1 Å². The van der Waals surface area contributed by atoms with Gasteiger partial charge in [-0.05, 0) is 25.0 Å². The number of hydrogen-bond donors (Lipinski definition) is 1. The number of fused-ring (bicyclic) bond motifs is 2. The molecule has 4 heterocycles. The van der Waals surface area contributed by atoms with Crippen LogP contribution in [0.3, 0.4) is 0 Å². The van der Waals surface area contributed by atoms with Crippen molar-refractivity contribution in [3.8, 4) is 0 Å². The van der Waals surface area contributed by atoms with E-state index in [1.165, 1.54) is 7.11 Å². The van der Waals surface area contributed by atoms with Gasteiger partial charge in [-0.1, -0.05) is 0 Å². The summed E-state index contributed by atoms with van der Waals surface area (Å²) in [5, 5.41) is 2.91. The van der Waals surface area contributed by atoms with E-state index in [0.29, 0.717) is 25.3 Å². The molecule has 8 nitrogen and oxygen atoms in total. The lowest BCUT2D eigenvalue weighted by Gasteiger charge is -2.41. The first kappa shape index (κ1) is 18.4. The van der Waals surface area contributed by atoms with Crippen molar-refractivity contribution in [1.29, 1.82) is 0 Å². The molecule has 0 radical (unpaired) electrons. The van der Waals surface area contributed by atoms with Crippen LogP contribution < -0.4 is 5.32 Å². The maximum atomic E-state index is 13.1. The van der Waals surface area contributed by atoms with Crippen LogP contribution in [-0.2, 0) is 24.9 Å². The molecule has 0 bridgehead atoms. The molecule has 0 saturated carbocycles. The van der Waals surface area contributed by atoms with Crippen molar-refractivity contribution in [3.05, 3.63) is 24.2 Å². The fraction of sp³-hybridized carbons (Fsp3) is 0.611. The van der Waals surface area contributed by atoms with Gasteiger partial charge in [0.1, 0.15) is 24.5 Å². The highest BCUT2D eigenvalue weighted by atomic mass is 32.2. The van der Waals surface area contributed by atoms with Gasteiger partial charge in [0.15, 0.2) is 0 Å².